The molecule has 0 aromatic carbocycles. The molecule has 20 heteroatoms. The van der Waals surface area contributed by atoms with Gasteiger partial charge in [0.1, 0.15) is 0 Å². The molecule has 0 unspecified atom stereocenters. The van der Waals surface area contributed by atoms with E-state index in [4.69, 9.17) is 0 Å². The Morgan fingerprint density at radius 2 is 0.643 bits per heavy atom. The quantitative estimate of drug-likeness (QED) is 0.271. The maximum absolute atomic E-state index is 12.8. The molecule has 0 bridgehead atoms. The first-order valence-electron chi connectivity index (χ1n) is 5.47. The van der Waals surface area contributed by atoms with E-state index in [9.17, 15) is 70.2 Å². The van der Waals surface area contributed by atoms with E-state index in [1.807, 2.05) is 0 Å². The number of rotatable bonds is 9. The summed E-state index contributed by atoms with van der Waals surface area (Å²) in [6.45, 7) is 0. The first-order valence-corrected chi connectivity index (χ1v) is 6.22. The molecule has 0 atom stereocenters. The van der Waals surface area contributed by atoms with E-state index in [2.05, 4.69) is 23.2 Å². The smallest absolute Gasteiger partial charge is 0.243 e. The second-order valence-electron chi connectivity index (χ2n) is 4.42. The molecule has 2 nitrogen and oxygen atoms in total. The van der Waals surface area contributed by atoms with Crippen LogP contribution in [0.5, 0.6) is 0 Å². The van der Waals surface area contributed by atoms with E-state index in [-0.39, 0.29) is 0 Å². The van der Waals surface area contributed by atoms with Gasteiger partial charge in [0, 0.05) is 0 Å². The molecule has 0 aliphatic rings. The predicted octanol–water partition coefficient (Wildman–Crippen LogP) is 6.32. The maximum atomic E-state index is 12.8. The van der Waals surface area contributed by atoms with E-state index < -0.39 is 47.0 Å². The van der Waals surface area contributed by atoms with Crippen molar-refractivity contribution < 1.29 is 79.7 Å². The summed E-state index contributed by atoms with van der Waals surface area (Å²) in [5.74, 6) is -15.2. The van der Waals surface area contributed by atoms with Crippen molar-refractivity contribution in [3.63, 3.8) is 0 Å². The van der Waals surface area contributed by atoms with Gasteiger partial charge in [-0.05, 0) is 23.2 Å². The third-order valence-electron chi connectivity index (χ3n) is 2.30. The molecule has 0 rings (SSSR count). The van der Waals surface area contributed by atoms with Gasteiger partial charge in [-0.2, -0.15) is 70.2 Å². The van der Waals surface area contributed by atoms with Crippen molar-refractivity contribution >= 4 is 23.2 Å². The van der Waals surface area contributed by atoms with E-state index in [0.717, 1.165) is 0 Å². The van der Waals surface area contributed by atoms with Crippen molar-refractivity contribution in [2.45, 2.75) is 47.0 Å². The Labute approximate surface area is 151 Å². The van der Waals surface area contributed by atoms with E-state index in [0.29, 0.717) is 0 Å². The zero-order chi connectivity index (χ0) is 23.4. The highest BCUT2D eigenvalue weighted by atomic mass is 35.5. The van der Waals surface area contributed by atoms with Crippen LogP contribution in [0.1, 0.15) is 0 Å². The Bertz CT molecular complexity index is 564. The number of hydrogen-bond donors (Lipinski definition) is 0. The lowest BCUT2D eigenvalue weighted by Crippen LogP contribution is -2.64. The van der Waals surface area contributed by atoms with Crippen LogP contribution in [0.15, 0.2) is 0 Å². The first-order chi connectivity index (χ1) is 11.7. The maximum Gasteiger partial charge on any atom is 0.453 e. The van der Waals surface area contributed by atoms with E-state index >= 15 is 0 Å². The van der Waals surface area contributed by atoms with Crippen LogP contribution < -0.4 is 0 Å². The lowest BCUT2D eigenvalue weighted by molar-refractivity contribution is -0.544. The van der Waals surface area contributed by atoms with Gasteiger partial charge in [0.05, 0.1) is 0 Å². The minimum atomic E-state index is -7.79. The SMILES string of the molecule is FC(F)(Cl)C(F)(F)OC(F)(F)C(F)(F)OC(F)(F)C(F)(F)C(F)(F)C(F)(F)Cl. The van der Waals surface area contributed by atoms with Gasteiger partial charge in [-0.25, -0.2) is 9.47 Å². The summed E-state index contributed by atoms with van der Waals surface area (Å²) in [5, 5.41) is -12.8. The summed E-state index contributed by atoms with van der Waals surface area (Å²) in [6, 6.07) is 0. The van der Waals surface area contributed by atoms with Crippen LogP contribution in [-0.2, 0) is 9.47 Å². The summed E-state index contributed by atoms with van der Waals surface area (Å²) in [4.78, 5) is 0. The molecule has 0 fully saturated rings. The standard InChI is InChI=1S/C8Cl2F16O2/c9-3(15,16)1(11,12)2(13,14)5(19,20)27-7(23,24)8(25,26)28-6(21,22)4(10,17)18. The van der Waals surface area contributed by atoms with Gasteiger partial charge in [-0.3, -0.25) is 0 Å². The monoisotopic (exact) mass is 502 g/mol. The van der Waals surface area contributed by atoms with Gasteiger partial charge in [0.2, 0.25) is 0 Å². The van der Waals surface area contributed by atoms with Crippen molar-refractivity contribution in [1.82, 2.24) is 0 Å². The van der Waals surface area contributed by atoms with Crippen LogP contribution in [0.4, 0.5) is 70.2 Å². The number of halogens is 18. The Morgan fingerprint density at radius 3 is 0.893 bits per heavy atom. The van der Waals surface area contributed by atoms with Crippen molar-refractivity contribution in [3.05, 3.63) is 0 Å². The van der Waals surface area contributed by atoms with Crippen LogP contribution in [0, 0.1) is 0 Å². The highest BCUT2D eigenvalue weighted by Crippen LogP contribution is 2.57. The van der Waals surface area contributed by atoms with Crippen molar-refractivity contribution in [3.8, 4) is 0 Å². The molecule has 0 N–H and O–H groups in total. The average molecular weight is 503 g/mol. The Balaban J connectivity index is 5.96. The fourth-order valence-electron chi connectivity index (χ4n) is 0.924. The second-order valence-corrected chi connectivity index (χ2v) is 5.36. The molecular formula is C8Cl2F16O2. The number of alkyl halides is 18. The third-order valence-corrected chi connectivity index (χ3v) is 2.75. The summed E-state index contributed by atoms with van der Waals surface area (Å²) < 4.78 is 204. The normalized spacial score (nSPS) is 16.5. The van der Waals surface area contributed by atoms with Gasteiger partial charge in [-0.1, -0.05) is 0 Å². The van der Waals surface area contributed by atoms with Crippen LogP contribution in [0.25, 0.3) is 0 Å². The molecule has 0 saturated heterocycles. The average Bonchev–Trinajstić information content (AvgIpc) is 2.32. The minimum absolute atomic E-state index is 1.31. The molecule has 0 saturated carbocycles. The lowest BCUT2D eigenvalue weighted by Gasteiger charge is -2.37. The Hall–Kier alpha value is -0.620. The third kappa shape index (κ3) is 4.75. The molecule has 0 aromatic rings. The summed E-state index contributed by atoms with van der Waals surface area (Å²) in [7, 11) is 0. The number of hydrogen-bond acceptors (Lipinski definition) is 2. The highest BCUT2D eigenvalue weighted by Gasteiger charge is 2.84. The molecule has 0 heterocycles. The van der Waals surface area contributed by atoms with E-state index in [1.54, 1.807) is 0 Å². The molecule has 0 aromatic heterocycles. The van der Waals surface area contributed by atoms with Crippen LogP contribution in [0.2, 0.25) is 0 Å². The fourth-order valence-corrected chi connectivity index (χ4v) is 1.08. The summed E-state index contributed by atoms with van der Waals surface area (Å²) in [6.07, 6.45) is -29.4. The molecule has 170 valence electrons. The van der Waals surface area contributed by atoms with Crippen LogP contribution >= 0.6 is 23.2 Å². The van der Waals surface area contributed by atoms with Crippen molar-refractivity contribution in [2.24, 2.45) is 0 Å². The second kappa shape index (κ2) is 6.97. The molecule has 0 spiro atoms. The van der Waals surface area contributed by atoms with Crippen molar-refractivity contribution in [1.29, 1.82) is 0 Å². The first kappa shape index (κ1) is 27.4. The zero-order valence-corrected chi connectivity index (χ0v) is 13.1. The number of ether oxygens (including phenoxy) is 2. The highest BCUT2D eigenvalue weighted by molar-refractivity contribution is 6.22. The molecular weight excluding hydrogens is 503 g/mol. The van der Waals surface area contributed by atoms with Crippen molar-refractivity contribution in [2.75, 3.05) is 0 Å². The van der Waals surface area contributed by atoms with Crippen LogP contribution in [0.3, 0.4) is 0 Å². The molecule has 0 aliphatic heterocycles. The van der Waals surface area contributed by atoms with Gasteiger partial charge in [0.15, 0.2) is 0 Å². The van der Waals surface area contributed by atoms with Gasteiger partial charge < -0.3 is 0 Å². The largest absolute Gasteiger partial charge is 0.453 e. The Morgan fingerprint density at radius 1 is 0.357 bits per heavy atom. The lowest BCUT2D eigenvalue weighted by atomic mass is 10.1. The predicted molar refractivity (Wildman–Crippen MR) is 53.5 cm³/mol. The van der Waals surface area contributed by atoms with Gasteiger partial charge in [-0.15, -0.1) is 0 Å². The summed E-state index contributed by atoms with van der Waals surface area (Å²) >= 11 is 6.91. The van der Waals surface area contributed by atoms with Gasteiger partial charge >= 0.3 is 47.0 Å². The molecule has 28 heavy (non-hydrogen) atoms. The topological polar surface area (TPSA) is 18.5 Å². The fraction of sp³-hybridized carbons (Fsp3) is 1.00. The Kier molecular flexibility index (Phi) is 6.81. The minimum Gasteiger partial charge on any atom is -0.243 e. The van der Waals surface area contributed by atoms with E-state index in [1.165, 1.54) is 9.47 Å². The van der Waals surface area contributed by atoms with Gasteiger partial charge in [0.25, 0.3) is 0 Å². The molecule has 0 radical (unpaired) electrons. The summed E-state index contributed by atoms with van der Waals surface area (Å²) in [5.41, 5.74) is 0. The zero-order valence-electron chi connectivity index (χ0n) is 11.6. The molecule has 0 aliphatic carbocycles. The van der Waals surface area contributed by atoms with Crippen LogP contribution in [-0.4, -0.2) is 47.0 Å². The molecule has 0 amide bonds.